The molecule has 1 heterocycles. The van der Waals surface area contributed by atoms with Crippen LogP contribution in [0.4, 0.5) is 0 Å². The molecule has 0 spiro atoms. The summed E-state index contributed by atoms with van der Waals surface area (Å²) in [7, 11) is 1.49. The highest BCUT2D eigenvalue weighted by molar-refractivity contribution is 9.10. The lowest BCUT2D eigenvalue weighted by Gasteiger charge is -2.14. The van der Waals surface area contributed by atoms with Gasteiger partial charge >= 0.3 is 5.97 Å². The molecule has 1 aliphatic heterocycles. The zero-order valence-electron chi connectivity index (χ0n) is 17.5. The number of halogens is 1. The molecule has 33 heavy (non-hydrogen) atoms. The Labute approximate surface area is 209 Å². The van der Waals surface area contributed by atoms with E-state index in [0.717, 1.165) is 15.6 Å². The molecular formula is C25H18BrNO4S2. The van der Waals surface area contributed by atoms with Crippen molar-refractivity contribution in [2.45, 2.75) is 6.54 Å². The first kappa shape index (κ1) is 23.2. The zero-order chi connectivity index (χ0) is 23.4. The van der Waals surface area contributed by atoms with E-state index in [1.165, 1.54) is 18.9 Å². The predicted molar refractivity (Wildman–Crippen MR) is 137 cm³/mol. The lowest BCUT2D eigenvalue weighted by atomic mass is 10.1. The molecular weight excluding hydrogens is 522 g/mol. The topological polar surface area (TPSA) is 55.8 Å². The number of carbonyl (C=O) groups is 2. The van der Waals surface area contributed by atoms with Gasteiger partial charge in [0.15, 0.2) is 11.5 Å². The normalized spacial score (nSPS) is 14.6. The number of benzene rings is 3. The van der Waals surface area contributed by atoms with Gasteiger partial charge in [-0.15, -0.1) is 0 Å². The summed E-state index contributed by atoms with van der Waals surface area (Å²) >= 11 is 10.0. The van der Waals surface area contributed by atoms with E-state index in [0.29, 0.717) is 27.1 Å². The Bertz CT molecular complexity index is 1260. The second kappa shape index (κ2) is 10.3. The number of nitrogens with zero attached hydrogens (tertiary/aromatic N) is 1. The van der Waals surface area contributed by atoms with Gasteiger partial charge in [-0.3, -0.25) is 9.69 Å². The van der Waals surface area contributed by atoms with Crippen LogP contribution in [0.15, 0.2) is 82.2 Å². The van der Waals surface area contributed by atoms with Crippen molar-refractivity contribution in [1.29, 1.82) is 0 Å². The van der Waals surface area contributed by atoms with Crippen LogP contribution in [0.3, 0.4) is 0 Å². The number of rotatable bonds is 6. The van der Waals surface area contributed by atoms with Crippen molar-refractivity contribution in [3.63, 3.8) is 0 Å². The molecule has 0 unspecified atom stereocenters. The summed E-state index contributed by atoms with van der Waals surface area (Å²) in [6.07, 6.45) is 1.76. The molecule has 1 aliphatic rings. The number of methoxy groups -OCH3 is 1. The Balaban J connectivity index is 1.52. The van der Waals surface area contributed by atoms with E-state index in [-0.39, 0.29) is 11.7 Å². The van der Waals surface area contributed by atoms with Gasteiger partial charge in [-0.1, -0.05) is 82.4 Å². The summed E-state index contributed by atoms with van der Waals surface area (Å²) in [5.41, 5.74) is 2.15. The van der Waals surface area contributed by atoms with E-state index in [9.17, 15) is 9.59 Å². The van der Waals surface area contributed by atoms with Gasteiger partial charge < -0.3 is 9.47 Å². The number of thiocarbonyl (C=S) groups is 1. The molecule has 5 nitrogen and oxygen atoms in total. The van der Waals surface area contributed by atoms with Crippen LogP contribution in [-0.4, -0.2) is 28.2 Å². The fraction of sp³-hybridized carbons (Fsp3) is 0.0800. The molecule has 8 heteroatoms. The highest BCUT2D eigenvalue weighted by Gasteiger charge is 2.32. The quantitative estimate of drug-likeness (QED) is 0.164. The van der Waals surface area contributed by atoms with Crippen molar-refractivity contribution < 1.29 is 19.1 Å². The van der Waals surface area contributed by atoms with Crippen LogP contribution < -0.4 is 9.47 Å². The average Bonchev–Trinajstić information content (AvgIpc) is 3.08. The second-order valence-corrected chi connectivity index (χ2v) is 9.66. The maximum atomic E-state index is 12.9. The van der Waals surface area contributed by atoms with E-state index < -0.39 is 5.97 Å². The van der Waals surface area contributed by atoms with E-state index in [1.54, 1.807) is 47.4 Å². The minimum absolute atomic E-state index is 0.141. The van der Waals surface area contributed by atoms with E-state index in [2.05, 4.69) is 15.9 Å². The van der Waals surface area contributed by atoms with Gasteiger partial charge in [0.05, 0.1) is 24.1 Å². The highest BCUT2D eigenvalue weighted by atomic mass is 79.9. The maximum absolute atomic E-state index is 12.9. The van der Waals surface area contributed by atoms with Gasteiger partial charge in [0.1, 0.15) is 4.32 Å². The number of thioether (sulfide) groups is 1. The minimum Gasteiger partial charge on any atom is -0.493 e. The molecule has 0 saturated carbocycles. The summed E-state index contributed by atoms with van der Waals surface area (Å²) in [5.74, 6) is 0.0326. The molecule has 1 saturated heterocycles. The Hall–Kier alpha value is -2.94. The first-order valence-corrected chi connectivity index (χ1v) is 11.9. The molecule has 3 aromatic carbocycles. The van der Waals surface area contributed by atoms with Crippen molar-refractivity contribution in [3.8, 4) is 11.5 Å². The zero-order valence-corrected chi connectivity index (χ0v) is 20.7. The van der Waals surface area contributed by atoms with E-state index in [1.807, 2.05) is 36.4 Å². The summed E-state index contributed by atoms with van der Waals surface area (Å²) in [5, 5.41) is 0. The second-order valence-electron chi connectivity index (χ2n) is 7.06. The standard InChI is InChI=1S/C25H18BrNO4S2/c1-30-21-12-17(10-11-20(21)31-24(29)18-8-5-9-19(26)14-18)13-22-23(28)27(25(32)33-22)15-16-6-3-2-4-7-16/h2-14H,15H2,1H3/b22-13-. The lowest BCUT2D eigenvalue weighted by Crippen LogP contribution is -2.27. The number of carbonyl (C=O) groups excluding carboxylic acids is 2. The third-order valence-corrected chi connectivity index (χ3v) is 6.68. The lowest BCUT2D eigenvalue weighted by molar-refractivity contribution is -0.122. The monoisotopic (exact) mass is 539 g/mol. The average molecular weight is 540 g/mol. The van der Waals surface area contributed by atoms with Crippen LogP contribution in [0.5, 0.6) is 11.5 Å². The summed E-state index contributed by atoms with van der Waals surface area (Å²) in [4.78, 5) is 27.5. The van der Waals surface area contributed by atoms with Gasteiger partial charge in [-0.2, -0.15) is 0 Å². The summed E-state index contributed by atoms with van der Waals surface area (Å²) < 4.78 is 12.2. The van der Waals surface area contributed by atoms with Gasteiger partial charge in [-0.05, 0) is 47.5 Å². The summed E-state index contributed by atoms with van der Waals surface area (Å²) in [6, 6.07) is 21.8. The minimum atomic E-state index is -0.496. The Morgan fingerprint density at radius 3 is 2.58 bits per heavy atom. The Kier molecular flexibility index (Phi) is 7.27. The third kappa shape index (κ3) is 5.52. The van der Waals surface area contributed by atoms with Crippen LogP contribution >= 0.6 is 39.9 Å². The molecule has 0 radical (unpaired) electrons. The van der Waals surface area contributed by atoms with Crippen molar-refractivity contribution in [2.24, 2.45) is 0 Å². The molecule has 166 valence electrons. The number of esters is 1. The van der Waals surface area contributed by atoms with Crippen molar-refractivity contribution >= 4 is 62.2 Å². The molecule has 0 bridgehead atoms. The number of hydrogen-bond acceptors (Lipinski definition) is 6. The first-order chi connectivity index (χ1) is 15.9. The van der Waals surface area contributed by atoms with Crippen molar-refractivity contribution in [2.75, 3.05) is 7.11 Å². The molecule has 1 fully saturated rings. The fourth-order valence-corrected chi connectivity index (χ4v) is 4.84. The van der Waals surface area contributed by atoms with Crippen LogP contribution in [0.25, 0.3) is 6.08 Å². The van der Waals surface area contributed by atoms with Gasteiger partial charge in [-0.25, -0.2) is 4.79 Å². The van der Waals surface area contributed by atoms with E-state index in [4.69, 9.17) is 21.7 Å². The SMILES string of the molecule is COc1cc(/C=C2\SC(=S)N(Cc3ccccc3)C2=O)ccc1OC(=O)c1cccc(Br)c1. The Morgan fingerprint density at radius 1 is 1.06 bits per heavy atom. The van der Waals surface area contributed by atoms with Crippen molar-refractivity contribution in [1.82, 2.24) is 4.90 Å². The smallest absolute Gasteiger partial charge is 0.343 e. The Morgan fingerprint density at radius 2 is 1.85 bits per heavy atom. The van der Waals surface area contributed by atoms with Gasteiger partial charge in [0.25, 0.3) is 5.91 Å². The number of ether oxygens (including phenoxy) is 2. The molecule has 4 rings (SSSR count). The molecule has 0 atom stereocenters. The van der Waals surface area contributed by atoms with Crippen molar-refractivity contribution in [3.05, 3.63) is 98.9 Å². The van der Waals surface area contributed by atoms with Crippen LogP contribution in [0.1, 0.15) is 21.5 Å². The molecule has 0 N–H and O–H groups in total. The molecule has 1 amide bonds. The fourth-order valence-electron chi connectivity index (χ4n) is 3.19. The summed E-state index contributed by atoms with van der Waals surface area (Å²) in [6.45, 7) is 0.427. The molecule has 3 aromatic rings. The highest BCUT2D eigenvalue weighted by Crippen LogP contribution is 2.35. The predicted octanol–water partition coefficient (Wildman–Crippen LogP) is 6.08. The van der Waals surface area contributed by atoms with Crippen LogP contribution in [0, 0.1) is 0 Å². The number of amides is 1. The van der Waals surface area contributed by atoms with Crippen LogP contribution in [-0.2, 0) is 11.3 Å². The first-order valence-electron chi connectivity index (χ1n) is 9.89. The largest absolute Gasteiger partial charge is 0.493 e. The molecule has 0 aromatic heterocycles. The van der Waals surface area contributed by atoms with E-state index >= 15 is 0 Å². The molecule has 0 aliphatic carbocycles. The maximum Gasteiger partial charge on any atom is 0.343 e. The van der Waals surface area contributed by atoms with Gasteiger partial charge in [0, 0.05) is 4.47 Å². The number of hydrogen-bond donors (Lipinski definition) is 0. The van der Waals surface area contributed by atoms with Crippen LogP contribution in [0.2, 0.25) is 0 Å². The third-order valence-electron chi connectivity index (χ3n) is 4.81. The van der Waals surface area contributed by atoms with Gasteiger partial charge in [0.2, 0.25) is 0 Å².